The van der Waals surface area contributed by atoms with Gasteiger partial charge in [-0.1, -0.05) is 41.4 Å². The summed E-state index contributed by atoms with van der Waals surface area (Å²) in [5, 5.41) is 10.5. The van der Waals surface area contributed by atoms with Crippen molar-refractivity contribution in [1.82, 2.24) is 9.80 Å². The molecule has 0 aliphatic carbocycles. The Balaban J connectivity index is 1.04. The molecule has 48 heavy (non-hydrogen) atoms. The molecule has 2 atom stereocenters. The van der Waals surface area contributed by atoms with E-state index in [4.69, 9.17) is 37.4 Å². The van der Waals surface area contributed by atoms with Gasteiger partial charge in [-0.2, -0.15) is 0 Å². The van der Waals surface area contributed by atoms with Crippen LogP contribution in [-0.4, -0.2) is 104 Å². The third kappa shape index (κ3) is 5.36. The minimum absolute atomic E-state index is 0.0313. The Labute approximate surface area is 287 Å². The lowest BCUT2D eigenvalue weighted by Gasteiger charge is -2.54. The number of para-hydroxylation sites is 1. The van der Waals surface area contributed by atoms with Crippen LogP contribution in [0.1, 0.15) is 39.1 Å². The van der Waals surface area contributed by atoms with Gasteiger partial charge in [0.25, 0.3) is 5.91 Å². The summed E-state index contributed by atoms with van der Waals surface area (Å²) in [7, 11) is 2.09. The lowest BCUT2D eigenvalue weighted by Crippen LogP contribution is -2.70. The van der Waals surface area contributed by atoms with Crippen molar-refractivity contribution in [3.05, 3.63) is 75.0 Å². The summed E-state index contributed by atoms with van der Waals surface area (Å²) in [6.07, 6.45) is 1.76. The van der Waals surface area contributed by atoms with Crippen molar-refractivity contribution in [2.75, 3.05) is 69.6 Å². The molecule has 5 aliphatic rings. The zero-order valence-corrected chi connectivity index (χ0v) is 27.9. The molecule has 8 rings (SSSR count). The third-order valence-corrected chi connectivity index (χ3v) is 10.8. The number of carboxylic acids is 1. The van der Waals surface area contributed by atoms with Crippen LogP contribution in [0, 0.1) is 5.82 Å². The fraction of sp³-hybridized carbons (Fsp3) is 0.429. The number of anilines is 2. The van der Waals surface area contributed by atoms with Gasteiger partial charge >= 0.3 is 5.97 Å². The summed E-state index contributed by atoms with van der Waals surface area (Å²) < 4.78 is 33.7. The predicted octanol–water partition coefficient (Wildman–Crippen LogP) is 5.38. The van der Waals surface area contributed by atoms with Gasteiger partial charge in [-0.25, -0.2) is 9.18 Å². The van der Waals surface area contributed by atoms with Gasteiger partial charge in [0.05, 0.1) is 78.4 Å². The Morgan fingerprint density at radius 3 is 2.42 bits per heavy atom. The number of likely N-dealkylation sites (N-methyl/N-ethyl adjacent to an activating group) is 1. The molecule has 2 unspecified atom stereocenters. The largest absolute Gasteiger partial charge is 0.478 e. The van der Waals surface area contributed by atoms with Crippen molar-refractivity contribution in [3.63, 3.8) is 0 Å². The van der Waals surface area contributed by atoms with Crippen LogP contribution < -0.4 is 14.5 Å². The third-order valence-electron chi connectivity index (χ3n) is 10.2. The van der Waals surface area contributed by atoms with Gasteiger partial charge in [0, 0.05) is 35.5 Å². The number of rotatable bonds is 5. The van der Waals surface area contributed by atoms with Crippen molar-refractivity contribution in [2.45, 2.75) is 37.1 Å². The molecule has 1 spiro atoms. The number of nitrogens with zero attached hydrogens (tertiary/aromatic N) is 4. The van der Waals surface area contributed by atoms with Crippen LogP contribution in [0.2, 0.25) is 10.0 Å². The highest BCUT2D eigenvalue weighted by Crippen LogP contribution is 2.44. The average molecular weight is 698 g/mol. The molecule has 3 aromatic carbocycles. The summed E-state index contributed by atoms with van der Waals surface area (Å²) in [4.78, 5) is 34.0. The quantitative estimate of drug-likeness (QED) is 0.378. The fourth-order valence-electron chi connectivity index (χ4n) is 7.95. The van der Waals surface area contributed by atoms with Gasteiger partial charge in [-0.05, 0) is 44.2 Å². The number of hydrogen-bond donors (Lipinski definition) is 1. The lowest BCUT2D eigenvalue weighted by molar-refractivity contribution is -0.117. The summed E-state index contributed by atoms with van der Waals surface area (Å²) in [6.45, 7) is 4.97. The van der Waals surface area contributed by atoms with Crippen LogP contribution >= 0.6 is 23.2 Å². The van der Waals surface area contributed by atoms with Crippen LogP contribution in [0.3, 0.4) is 0 Å². The molecule has 13 heteroatoms. The molecule has 1 N–H and O–H groups in total. The first-order valence-corrected chi connectivity index (χ1v) is 16.9. The van der Waals surface area contributed by atoms with E-state index in [1.54, 1.807) is 30.3 Å². The Hall–Kier alpha value is -3.61. The molecule has 4 saturated heterocycles. The number of carboxylic acid groups (broad SMARTS) is 1. The number of benzene rings is 3. The molecule has 0 radical (unpaired) electrons. The number of ether oxygens (including phenoxy) is 3. The van der Waals surface area contributed by atoms with Crippen LogP contribution in [-0.2, 0) is 16.0 Å². The van der Waals surface area contributed by atoms with Gasteiger partial charge in [-0.3, -0.25) is 4.79 Å². The highest BCUT2D eigenvalue weighted by Gasteiger charge is 2.47. The van der Waals surface area contributed by atoms with E-state index in [2.05, 4.69) is 21.7 Å². The number of carbonyl (C=O) groups is 2. The van der Waals surface area contributed by atoms with E-state index in [1.165, 1.54) is 4.90 Å². The minimum Gasteiger partial charge on any atom is -0.478 e. The van der Waals surface area contributed by atoms with Crippen molar-refractivity contribution in [1.29, 1.82) is 0 Å². The Kier molecular flexibility index (Phi) is 7.95. The van der Waals surface area contributed by atoms with Crippen LogP contribution in [0.25, 0.3) is 11.1 Å². The van der Waals surface area contributed by atoms with Crippen LogP contribution in [0.5, 0.6) is 5.75 Å². The molecule has 0 saturated carbocycles. The summed E-state index contributed by atoms with van der Waals surface area (Å²) in [5.74, 6) is -1.80. The van der Waals surface area contributed by atoms with E-state index >= 15 is 4.39 Å². The number of carbonyl (C=O) groups excluding carboxylic acids is 1. The van der Waals surface area contributed by atoms with Crippen LogP contribution in [0.4, 0.5) is 15.8 Å². The zero-order valence-electron chi connectivity index (χ0n) is 26.4. The number of aromatic carboxylic acids is 1. The molecule has 1 amide bonds. The molecule has 5 heterocycles. The highest BCUT2D eigenvalue weighted by atomic mass is 35.5. The van der Waals surface area contributed by atoms with E-state index in [0.717, 1.165) is 37.7 Å². The van der Waals surface area contributed by atoms with E-state index in [0.29, 0.717) is 55.5 Å². The Bertz CT molecular complexity index is 1780. The summed E-state index contributed by atoms with van der Waals surface area (Å²) >= 11 is 13.4. The highest BCUT2D eigenvalue weighted by molar-refractivity contribution is 6.40. The molecular formula is C35H35Cl2FN4O6. The lowest BCUT2D eigenvalue weighted by atomic mass is 9.91. The van der Waals surface area contributed by atoms with E-state index in [9.17, 15) is 14.7 Å². The van der Waals surface area contributed by atoms with Crippen molar-refractivity contribution in [2.24, 2.45) is 0 Å². The molecule has 3 aromatic rings. The molecule has 5 aliphatic heterocycles. The van der Waals surface area contributed by atoms with E-state index < -0.39 is 11.8 Å². The van der Waals surface area contributed by atoms with Gasteiger partial charge in [0.1, 0.15) is 17.2 Å². The summed E-state index contributed by atoms with van der Waals surface area (Å²) in [6, 6.07) is 11.6. The number of fused-ring (bicyclic) bond motifs is 3. The maximum Gasteiger partial charge on any atom is 0.337 e. The van der Waals surface area contributed by atoms with Gasteiger partial charge in [-0.15, -0.1) is 0 Å². The molecule has 252 valence electrons. The molecular weight excluding hydrogens is 662 g/mol. The normalized spacial score (nSPS) is 23.1. The van der Waals surface area contributed by atoms with Crippen LogP contribution in [0.15, 0.2) is 42.5 Å². The van der Waals surface area contributed by atoms with E-state index in [1.807, 2.05) is 6.07 Å². The first-order chi connectivity index (χ1) is 23.1. The number of morpholine rings is 2. The SMILES string of the molecule is CN1CCOC2(C1)CN(c1cc(Cl)c(C(=O)N3COc4c(cccc4-c4cc(N5C6CCC5COC6)c(C(=O)O)cc4F)C3)c(Cl)c1)C2. The van der Waals surface area contributed by atoms with E-state index in [-0.39, 0.29) is 63.6 Å². The standard InChI is InChI=1S/C35H35Cl2FN4O6/c1-39-7-8-48-35(16-39)17-41(18-35)23-9-27(36)31(28(37)10-23)33(43)40-13-20-3-2-4-24(32(20)47-19-40)25-12-30(26(34(44)45)11-29(25)38)42-21-5-6-22(42)15-46-14-21/h2-4,9-12,21-22H,5-8,13-19H2,1H3,(H,44,45). The molecule has 2 bridgehead atoms. The Morgan fingerprint density at radius 1 is 1.00 bits per heavy atom. The number of amides is 1. The van der Waals surface area contributed by atoms with Gasteiger partial charge in [0.2, 0.25) is 0 Å². The predicted molar refractivity (Wildman–Crippen MR) is 179 cm³/mol. The second-order valence-corrected chi connectivity index (χ2v) is 14.3. The molecule has 4 fully saturated rings. The fourth-order valence-corrected chi connectivity index (χ4v) is 8.59. The molecule has 0 aromatic heterocycles. The summed E-state index contributed by atoms with van der Waals surface area (Å²) in [5.41, 5.74) is 2.59. The van der Waals surface area contributed by atoms with Crippen molar-refractivity contribution < 1.29 is 33.3 Å². The maximum atomic E-state index is 15.7. The molecule has 10 nitrogen and oxygen atoms in total. The van der Waals surface area contributed by atoms with Crippen molar-refractivity contribution >= 4 is 46.5 Å². The first-order valence-electron chi connectivity index (χ1n) is 16.1. The Morgan fingerprint density at radius 2 is 1.73 bits per heavy atom. The number of hydrogen-bond acceptors (Lipinski definition) is 8. The number of halogens is 3. The maximum absolute atomic E-state index is 15.7. The van der Waals surface area contributed by atoms with Gasteiger partial charge in [0.15, 0.2) is 6.73 Å². The average Bonchev–Trinajstić information content (AvgIpc) is 3.29. The second-order valence-electron chi connectivity index (χ2n) is 13.5. The topological polar surface area (TPSA) is 95.0 Å². The van der Waals surface area contributed by atoms with Gasteiger partial charge < -0.3 is 38.9 Å². The zero-order chi connectivity index (χ0) is 33.3. The first kappa shape index (κ1) is 31.6. The van der Waals surface area contributed by atoms with Crippen molar-refractivity contribution in [3.8, 4) is 16.9 Å². The smallest absolute Gasteiger partial charge is 0.337 e. The monoisotopic (exact) mass is 696 g/mol. The second kappa shape index (κ2) is 12.1. The minimum atomic E-state index is -1.19.